The van der Waals surface area contributed by atoms with E-state index in [4.69, 9.17) is 9.47 Å². The summed E-state index contributed by atoms with van der Waals surface area (Å²) in [6.45, 7) is 6.47. The van der Waals surface area contributed by atoms with Crippen LogP contribution in [0.2, 0.25) is 0 Å². The molecule has 1 saturated heterocycles. The van der Waals surface area contributed by atoms with Gasteiger partial charge in [-0.25, -0.2) is 5.11 Å². The molecule has 0 aliphatic carbocycles. The van der Waals surface area contributed by atoms with Gasteiger partial charge in [0.1, 0.15) is 0 Å². The molecule has 0 aromatic carbocycles. The molecular weight excluding hydrogens is 144 g/mol. The van der Waals surface area contributed by atoms with Crippen molar-refractivity contribution in [3.63, 3.8) is 0 Å². The summed E-state index contributed by atoms with van der Waals surface area (Å²) < 4.78 is 10.7. The topological polar surface area (TPSA) is 38.4 Å². The Labute approximate surface area is 67.3 Å². The maximum absolute atomic E-state index is 10.7. The molecule has 0 aromatic rings. The smallest absolute Gasteiger partial charge is 0.162 e. The van der Waals surface area contributed by atoms with Crippen molar-refractivity contribution < 1.29 is 14.6 Å². The van der Waals surface area contributed by atoms with Gasteiger partial charge in [0.15, 0.2) is 5.79 Å². The summed E-state index contributed by atoms with van der Waals surface area (Å²) in [5.41, 5.74) is -0.324. The third-order valence-electron chi connectivity index (χ3n) is 1.88. The molecule has 0 unspecified atom stereocenters. The van der Waals surface area contributed by atoms with E-state index < -0.39 is 5.79 Å². The molecule has 0 spiro atoms. The van der Waals surface area contributed by atoms with Crippen LogP contribution in [0.4, 0.5) is 0 Å². The van der Waals surface area contributed by atoms with Gasteiger partial charge >= 0.3 is 0 Å². The van der Waals surface area contributed by atoms with Crippen LogP contribution in [0.5, 0.6) is 0 Å². The molecule has 1 aliphatic heterocycles. The fourth-order valence-corrected chi connectivity index (χ4v) is 0.863. The fourth-order valence-electron chi connectivity index (χ4n) is 0.863. The Morgan fingerprint density at radius 1 is 1.18 bits per heavy atom. The zero-order valence-corrected chi connectivity index (χ0v) is 7.35. The molecule has 0 aromatic heterocycles. The Hall–Kier alpha value is -0.120. The summed E-state index contributed by atoms with van der Waals surface area (Å²) in [5, 5.41) is 10.7. The first-order chi connectivity index (χ1) is 4.97. The molecule has 1 radical (unpaired) electrons. The third-order valence-corrected chi connectivity index (χ3v) is 1.88. The van der Waals surface area contributed by atoms with Gasteiger partial charge in [0.25, 0.3) is 0 Å². The van der Waals surface area contributed by atoms with E-state index >= 15 is 0 Å². The van der Waals surface area contributed by atoms with Gasteiger partial charge in [-0.2, -0.15) is 0 Å². The second-order valence-electron chi connectivity index (χ2n) is 3.93. The van der Waals surface area contributed by atoms with Crippen LogP contribution < -0.4 is 0 Å². The number of hydrogen-bond acceptors (Lipinski definition) is 2. The predicted molar refractivity (Wildman–Crippen MR) is 39.6 cm³/mol. The van der Waals surface area contributed by atoms with Gasteiger partial charge in [-0.15, -0.1) is 0 Å². The van der Waals surface area contributed by atoms with Gasteiger partial charge in [-0.1, -0.05) is 6.92 Å². The summed E-state index contributed by atoms with van der Waals surface area (Å²) in [5.74, 6) is -0.505. The highest BCUT2D eigenvalue weighted by molar-refractivity contribution is 4.77. The Balaban J connectivity index is 2.48. The van der Waals surface area contributed by atoms with E-state index in [1.165, 1.54) is 0 Å². The lowest BCUT2D eigenvalue weighted by Gasteiger charge is -2.39. The Bertz CT molecular complexity index is 132. The maximum Gasteiger partial charge on any atom is 0.162 e. The van der Waals surface area contributed by atoms with Crippen molar-refractivity contribution in [3.8, 4) is 0 Å². The maximum atomic E-state index is 10.7. The summed E-state index contributed by atoms with van der Waals surface area (Å²) in [4.78, 5) is 0. The predicted octanol–water partition coefficient (Wildman–Crippen LogP) is 1.21. The average molecular weight is 159 g/mol. The zero-order valence-electron chi connectivity index (χ0n) is 7.35. The minimum absolute atomic E-state index is 0.136. The van der Waals surface area contributed by atoms with Crippen molar-refractivity contribution in [2.75, 3.05) is 19.8 Å². The van der Waals surface area contributed by atoms with E-state index in [1.54, 1.807) is 0 Å². The van der Waals surface area contributed by atoms with Gasteiger partial charge < -0.3 is 9.47 Å². The summed E-state index contributed by atoms with van der Waals surface area (Å²) in [6, 6.07) is 0. The first-order valence-electron chi connectivity index (χ1n) is 3.83. The third kappa shape index (κ3) is 2.15. The summed E-state index contributed by atoms with van der Waals surface area (Å²) >= 11 is 0. The van der Waals surface area contributed by atoms with Crippen molar-refractivity contribution in [2.24, 2.45) is 5.41 Å². The molecular formula is C8H15O3. The summed E-state index contributed by atoms with van der Waals surface area (Å²) in [7, 11) is 0. The van der Waals surface area contributed by atoms with Gasteiger partial charge in [0.2, 0.25) is 0 Å². The van der Waals surface area contributed by atoms with Gasteiger partial charge in [-0.3, -0.25) is 0 Å². The highest BCUT2D eigenvalue weighted by Crippen LogP contribution is 2.28. The summed E-state index contributed by atoms with van der Waals surface area (Å²) in [6.07, 6.45) is 0. The first-order valence-corrected chi connectivity index (χ1v) is 3.83. The molecule has 3 nitrogen and oxygen atoms in total. The number of ether oxygens (including phenoxy) is 2. The van der Waals surface area contributed by atoms with Crippen LogP contribution in [0.15, 0.2) is 0 Å². The molecule has 0 bridgehead atoms. The number of rotatable bonds is 1. The lowest BCUT2D eigenvalue weighted by Crippen LogP contribution is -2.46. The Kier molecular flexibility index (Phi) is 2.23. The quantitative estimate of drug-likeness (QED) is 0.576. The lowest BCUT2D eigenvalue weighted by atomic mass is 9.93. The molecule has 0 N–H and O–H groups in total. The average Bonchev–Trinajstić information content (AvgIpc) is 1.97. The van der Waals surface area contributed by atoms with Crippen LogP contribution in [0.1, 0.15) is 20.8 Å². The van der Waals surface area contributed by atoms with Crippen LogP contribution in [0.25, 0.3) is 0 Å². The molecule has 1 fully saturated rings. The molecule has 0 atom stereocenters. The minimum atomic E-state index is -0.505. The lowest BCUT2D eigenvalue weighted by molar-refractivity contribution is -0.288. The largest absolute Gasteiger partial charge is 0.350 e. The van der Waals surface area contributed by atoms with E-state index in [1.807, 2.05) is 20.8 Å². The highest BCUT2D eigenvalue weighted by atomic mass is 16.7. The van der Waals surface area contributed by atoms with Gasteiger partial charge in [0, 0.05) is 5.41 Å². The van der Waals surface area contributed by atoms with Crippen molar-refractivity contribution in [1.82, 2.24) is 0 Å². The van der Waals surface area contributed by atoms with Crippen molar-refractivity contribution >= 4 is 0 Å². The van der Waals surface area contributed by atoms with Crippen molar-refractivity contribution in [3.05, 3.63) is 0 Å². The van der Waals surface area contributed by atoms with Crippen molar-refractivity contribution in [1.29, 1.82) is 0 Å². The van der Waals surface area contributed by atoms with E-state index in [2.05, 4.69) is 0 Å². The molecule has 11 heavy (non-hydrogen) atoms. The van der Waals surface area contributed by atoms with E-state index in [0.29, 0.717) is 13.2 Å². The minimum Gasteiger partial charge on any atom is -0.350 e. The van der Waals surface area contributed by atoms with E-state index in [-0.39, 0.29) is 12.0 Å². The Morgan fingerprint density at radius 3 is 2.00 bits per heavy atom. The normalized spacial score (nSPS) is 28.4. The SMILES string of the molecule is CC1(C[O])COC(C)(C)OC1. The molecule has 65 valence electrons. The van der Waals surface area contributed by atoms with Crippen LogP contribution in [-0.2, 0) is 14.6 Å². The molecule has 1 heterocycles. The molecule has 3 heteroatoms. The van der Waals surface area contributed by atoms with Crippen LogP contribution >= 0.6 is 0 Å². The Morgan fingerprint density at radius 2 is 1.64 bits per heavy atom. The van der Waals surface area contributed by atoms with Crippen LogP contribution in [0.3, 0.4) is 0 Å². The zero-order chi connectivity index (χ0) is 8.54. The second kappa shape index (κ2) is 2.73. The molecule has 0 saturated carbocycles. The van der Waals surface area contributed by atoms with Gasteiger partial charge in [0.05, 0.1) is 19.8 Å². The molecule has 0 amide bonds. The molecule has 1 rings (SSSR count). The van der Waals surface area contributed by atoms with Crippen LogP contribution in [-0.4, -0.2) is 25.6 Å². The monoisotopic (exact) mass is 159 g/mol. The standard InChI is InChI=1S/C8H15O3/c1-7(2)10-5-8(3,4-9)6-11-7/h4-6H2,1-3H3. The molecule has 1 aliphatic rings. The van der Waals surface area contributed by atoms with Crippen LogP contribution in [0, 0.1) is 5.41 Å². The van der Waals surface area contributed by atoms with Gasteiger partial charge in [-0.05, 0) is 13.8 Å². The highest BCUT2D eigenvalue weighted by Gasteiger charge is 2.36. The first kappa shape index (κ1) is 8.97. The van der Waals surface area contributed by atoms with E-state index in [9.17, 15) is 5.11 Å². The van der Waals surface area contributed by atoms with E-state index in [0.717, 1.165) is 0 Å². The fraction of sp³-hybridized carbons (Fsp3) is 1.00. The second-order valence-corrected chi connectivity index (χ2v) is 3.93. The van der Waals surface area contributed by atoms with Crippen molar-refractivity contribution in [2.45, 2.75) is 26.6 Å². The number of hydrogen-bond donors (Lipinski definition) is 0.